The maximum absolute atomic E-state index is 13.4. The Bertz CT molecular complexity index is 1200. The predicted octanol–water partition coefficient (Wildman–Crippen LogP) is 2.22. The lowest BCUT2D eigenvalue weighted by Crippen LogP contribution is -2.65. The molecule has 2 aromatic heterocycles. The zero-order valence-corrected chi connectivity index (χ0v) is 21.7. The Labute approximate surface area is 206 Å². The maximum atomic E-state index is 13.4. The molecule has 4 fully saturated rings. The fraction of sp³-hybridized carbons (Fsp3) is 0.692. The van der Waals surface area contributed by atoms with Gasteiger partial charge in [-0.05, 0) is 43.2 Å². The first kappa shape index (κ1) is 23.9. The number of carbonyl (C=O) groups excluding carboxylic acids is 2. The zero-order chi connectivity index (χ0) is 25.1. The van der Waals surface area contributed by atoms with Crippen LogP contribution in [0.3, 0.4) is 0 Å². The van der Waals surface area contributed by atoms with Crippen molar-refractivity contribution in [3.63, 3.8) is 0 Å². The van der Waals surface area contributed by atoms with Crippen LogP contribution in [0.15, 0.2) is 16.9 Å². The topological polar surface area (TPSA) is 83.7 Å². The maximum Gasteiger partial charge on any atom is 0.330 e. The summed E-state index contributed by atoms with van der Waals surface area (Å²) in [5.74, 6) is 1.26. The van der Waals surface area contributed by atoms with Crippen molar-refractivity contribution in [3.8, 4) is 0 Å². The molecular formula is C26H38N6O3. The summed E-state index contributed by atoms with van der Waals surface area (Å²) in [5.41, 5.74) is 1.53. The number of piperidine rings is 3. The second-order valence-corrected chi connectivity index (χ2v) is 11.8. The van der Waals surface area contributed by atoms with Crippen LogP contribution >= 0.6 is 0 Å². The molecule has 2 aromatic rings. The van der Waals surface area contributed by atoms with Crippen molar-refractivity contribution in [1.29, 1.82) is 0 Å². The summed E-state index contributed by atoms with van der Waals surface area (Å²) in [7, 11) is 1.79. The summed E-state index contributed by atoms with van der Waals surface area (Å²) < 4.78 is 3.47. The molecule has 6 rings (SSSR count). The van der Waals surface area contributed by atoms with Crippen LogP contribution in [0.2, 0.25) is 0 Å². The molecule has 0 aliphatic carbocycles. The Balaban J connectivity index is 1.33. The summed E-state index contributed by atoms with van der Waals surface area (Å²) in [4.78, 5) is 49.2. The number of carbonyl (C=O) groups is 2. The van der Waals surface area contributed by atoms with Gasteiger partial charge in [-0.3, -0.25) is 18.7 Å². The minimum atomic E-state index is -0.0349. The average molecular weight is 483 g/mol. The number of likely N-dealkylation sites (tertiary alicyclic amines) is 1. The van der Waals surface area contributed by atoms with E-state index in [1.807, 2.05) is 21.6 Å². The summed E-state index contributed by atoms with van der Waals surface area (Å²) in [6, 6.07) is 4.48. The molecule has 0 saturated carbocycles. The average Bonchev–Trinajstić information content (AvgIpc) is 3.07. The van der Waals surface area contributed by atoms with E-state index in [0.717, 1.165) is 50.1 Å². The minimum Gasteiger partial charge on any atom is -0.350 e. The third-order valence-corrected chi connectivity index (χ3v) is 8.00. The SMILES string of the molecule is CC(=O)N1CCC(C(=O)N2CC3CCC2CN3c2ccc3c(n2)n(C)c(=O)n3CC(C)(C)C)CC1. The van der Waals surface area contributed by atoms with Gasteiger partial charge in [0.2, 0.25) is 11.8 Å². The van der Waals surface area contributed by atoms with Gasteiger partial charge in [0, 0.05) is 64.7 Å². The molecule has 2 unspecified atom stereocenters. The molecule has 4 saturated heterocycles. The van der Waals surface area contributed by atoms with E-state index in [2.05, 4.69) is 30.6 Å². The number of pyridine rings is 1. The van der Waals surface area contributed by atoms with Gasteiger partial charge in [-0.25, -0.2) is 9.78 Å². The van der Waals surface area contributed by atoms with Crippen molar-refractivity contribution in [1.82, 2.24) is 23.9 Å². The molecule has 4 aliphatic rings. The summed E-state index contributed by atoms with van der Waals surface area (Å²) in [5, 5.41) is 0. The highest BCUT2D eigenvalue weighted by atomic mass is 16.2. The van der Waals surface area contributed by atoms with Gasteiger partial charge < -0.3 is 14.7 Å². The van der Waals surface area contributed by atoms with E-state index in [-0.39, 0.29) is 40.9 Å². The number of amides is 2. The van der Waals surface area contributed by atoms with Crippen molar-refractivity contribution in [2.45, 2.75) is 72.0 Å². The lowest BCUT2D eigenvalue weighted by atomic mass is 9.87. The number of nitrogens with zero attached hydrogens (tertiary/aromatic N) is 6. The molecule has 0 spiro atoms. The van der Waals surface area contributed by atoms with E-state index in [0.29, 0.717) is 25.3 Å². The van der Waals surface area contributed by atoms with E-state index >= 15 is 0 Å². The quantitative estimate of drug-likeness (QED) is 0.670. The van der Waals surface area contributed by atoms with Crippen molar-refractivity contribution in [3.05, 3.63) is 22.6 Å². The van der Waals surface area contributed by atoms with Gasteiger partial charge in [-0.2, -0.15) is 0 Å². The van der Waals surface area contributed by atoms with E-state index in [1.165, 1.54) is 0 Å². The molecule has 0 aromatic carbocycles. The van der Waals surface area contributed by atoms with Crippen molar-refractivity contribution >= 4 is 28.8 Å². The third-order valence-electron chi connectivity index (χ3n) is 8.00. The first-order valence-electron chi connectivity index (χ1n) is 12.9. The molecule has 0 N–H and O–H groups in total. The molecule has 35 heavy (non-hydrogen) atoms. The summed E-state index contributed by atoms with van der Waals surface area (Å²) >= 11 is 0. The van der Waals surface area contributed by atoms with Gasteiger partial charge in [0.05, 0.1) is 5.52 Å². The number of rotatable bonds is 3. The number of aromatic nitrogens is 3. The van der Waals surface area contributed by atoms with Crippen LogP contribution in [0.25, 0.3) is 11.2 Å². The molecule has 0 radical (unpaired) electrons. The normalized spacial score (nSPS) is 23.4. The second kappa shape index (κ2) is 8.68. The Kier molecular flexibility index (Phi) is 5.92. The monoisotopic (exact) mass is 482 g/mol. The standard InChI is InChI=1S/C26H38N6O3/c1-17(33)29-12-10-18(11-13-29)24(34)31-15-19-6-7-20(31)14-30(19)22-9-8-21-23(27-22)28(5)25(35)32(21)16-26(2,3)4/h8-9,18-20H,6-7,10-16H2,1-5H3. The van der Waals surface area contributed by atoms with Crippen LogP contribution < -0.4 is 10.6 Å². The van der Waals surface area contributed by atoms with E-state index < -0.39 is 0 Å². The first-order chi connectivity index (χ1) is 16.5. The smallest absolute Gasteiger partial charge is 0.330 e. The molecule has 190 valence electrons. The van der Waals surface area contributed by atoms with Crippen molar-refractivity contribution in [2.24, 2.45) is 18.4 Å². The van der Waals surface area contributed by atoms with Crippen LogP contribution in [0.5, 0.6) is 0 Å². The number of imidazole rings is 1. The molecule has 2 atom stereocenters. The molecule has 4 aliphatic heterocycles. The van der Waals surface area contributed by atoms with E-state index in [9.17, 15) is 14.4 Å². The highest BCUT2D eigenvalue weighted by Crippen LogP contribution is 2.34. The zero-order valence-electron chi connectivity index (χ0n) is 21.7. The third kappa shape index (κ3) is 4.34. The number of hydrogen-bond donors (Lipinski definition) is 0. The molecule has 9 heteroatoms. The van der Waals surface area contributed by atoms with Gasteiger partial charge in [-0.1, -0.05) is 20.8 Å². The lowest BCUT2D eigenvalue weighted by Gasteiger charge is -2.52. The summed E-state index contributed by atoms with van der Waals surface area (Å²) in [6.45, 7) is 11.5. The molecular weight excluding hydrogens is 444 g/mol. The fourth-order valence-corrected chi connectivity index (χ4v) is 6.11. The van der Waals surface area contributed by atoms with Gasteiger partial charge in [0.15, 0.2) is 5.65 Å². The first-order valence-corrected chi connectivity index (χ1v) is 12.9. The van der Waals surface area contributed by atoms with Crippen molar-refractivity contribution in [2.75, 3.05) is 31.1 Å². The van der Waals surface area contributed by atoms with Crippen LogP contribution in [-0.4, -0.2) is 74.0 Å². The van der Waals surface area contributed by atoms with E-state index in [4.69, 9.17) is 4.98 Å². The molecule has 9 nitrogen and oxygen atoms in total. The summed E-state index contributed by atoms with van der Waals surface area (Å²) in [6.07, 6.45) is 3.57. The Morgan fingerprint density at radius 1 is 1.03 bits per heavy atom. The molecule has 2 amide bonds. The van der Waals surface area contributed by atoms with Crippen LogP contribution in [0.4, 0.5) is 5.82 Å². The largest absolute Gasteiger partial charge is 0.350 e. The Morgan fingerprint density at radius 3 is 2.31 bits per heavy atom. The number of hydrogen-bond acceptors (Lipinski definition) is 5. The number of aryl methyl sites for hydroxylation is 1. The van der Waals surface area contributed by atoms with Crippen LogP contribution in [-0.2, 0) is 23.2 Å². The lowest BCUT2D eigenvalue weighted by molar-refractivity contribution is -0.144. The van der Waals surface area contributed by atoms with Gasteiger partial charge >= 0.3 is 5.69 Å². The highest BCUT2D eigenvalue weighted by Gasteiger charge is 2.43. The van der Waals surface area contributed by atoms with Gasteiger partial charge in [0.25, 0.3) is 0 Å². The number of fused-ring (bicyclic) bond motifs is 4. The van der Waals surface area contributed by atoms with E-state index in [1.54, 1.807) is 18.5 Å². The Hall–Kier alpha value is -2.84. The predicted molar refractivity (Wildman–Crippen MR) is 135 cm³/mol. The number of piperazine rings is 1. The second-order valence-electron chi connectivity index (χ2n) is 11.8. The van der Waals surface area contributed by atoms with Gasteiger partial charge in [-0.15, -0.1) is 0 Å². The number of anilines is 1. The minimum absolute atomic E-state index is 0.0124. The highest BCUT2D eigenvalue weighted by molar-refractivity contribution is 5.81. The van der Waals surface area contributed by atoms with Gasteiger partial charge in [0.1, 0.15) is 5.82 Å². The van der Waals surface area contributed by atoms with Crippen LogP contribution in [0, 0.1) is 11.3 Å². The molecule has 6 heterocycles. The Morgan fingerprint density at radius 2 is 1.71 bits per heavy atom. The van der Waals surface area contributed by atoms with Crippen LogP contribution in [0.1, 0.15) is 53.4 Å². The molecule has 2 bridgehead atoms. The van der Waals surface area contributed by atoms with Crippen molar-refractivity contribution < 1.29 is 9.59 Å². The fourth-order valence-electron chi connectivity index (χ4n) is 6.11.